The second-order valence-corrected chi connectivity index (χ2v) is 2.70. The molecule has 1 aliphatic carbocycles. The van der Waals surface area contributed by atoms with Crippen molar-refractivity contribution in [3.63, 3.8) is 0 Å². The van der Waals surface area contributed by atoms with Gasteiger partial charge < -0.3 is 17.2 Å². The largest absolute Gasteiger partial charge is 0.386 e. The van der Waals surface area contributed by atoms with Crippen LogP contribution in [0.5, 0.6) is 0 Å². The van der Waals surface area contributed by atoms with E-state index in [0.717, 1.165) is 13.0 Å². The van der Waals surface area contributed by atoms with E-state index in [1.165, 1.54) is 0 Å². The summed E-state index contributed by atoms with van der Waals surface area (Å²) in [7, 11) is 0. The lowest BCUT2D eigenvalue weighted by Gasteiger charge is -1.94. The molecule has 58 valence electrons. The topological polar surface area (TPSA) is 90.4 Å². The van der Waals surface area contributed by atoms with Crippen LogP contribution >= 0.6 is 0 Å². The minimum absolute atomic E-state index is 0.349. The van der Waals surface area contributed by atoms with E-state index >= 15 is 0 Å². The Balaban J connectivity index is 2.15. The molecule has 0 aromatic heterocycles. The summed E-state index contributed by atoms with van der Waals surface area (Å²) >= 11 is 0. The summed E-state index contributed by atoms with van der Waals surface area (Å²) in [5.74, 6) is 1.09. The van der Waals surface area contributed by atoms with Gasteiger partial charge in [-0.2, -0.15) is 0 Å². The Morgan fingerprint density at radius 3 is 2.60 bits per heavy atom. The predicted molar refractivity (Wildman–Crippen MR) is 41.6 cm³/mol. The standard InChI is InChI=1S/C6H14N4/c7-2-6(9)10-3-4-1-5(4)8/h4-5H,1-3,7-8H2,(H2,9,10)/t4-,5-/m0/s1. The average Bonchev–Trinajstić information content (AvgIpc) is 2.61. The Kier molecular flexibility index (Phi) is 2.24. The van der Waals surface area contributed by atoms with Crippen molar-refractivity contribution in [2.24, 2.45) is 28.1 Å². The van der Waals surface area contributed by atoms with E-state index in [4.69, 9.17) is 17.2 Å². The summed E-state index contributed by atoms with van der Waals surface area (Å²) in [6.07, 6.45) is 1.08. The number of rotatable bonds is 3. The molecule has 0 bridgehead atoms. The van der Waals surface area contributed by atoms with Crippen molar-refractivity contribution in [1.82, 2.24) is 0 Å². The van der Waals surface area contributed by atoms with Crippen LogP contribution < -0.4 is 17.2 Å². The molecule has 1 saturated carbocycles. The molecule has 4 nitrogen and oxygen atoms in total. The third-order valence-corrected chi connectivity index (χ3v) is 1.72. The zero-order valence-electron chi connectivity index (χ0n) is 5.96. The van der Waals surface area contributed by atoms with Gasteiger partial charge in [0.1, 0.15) is 5.84 Å². The minimum Gasteiger partial charge on any atom is -0.386 e. The van der Waals surface area contributed by atoms with Gasteiger partial charge in [0, 0.05) is 12.6 Å². The SMILES string of the molecule is NCC(N)=NC[C@@H]1C[C@@H]1N. The number of aliphatic imine (C=N–C) groups is 1. The first-order valence-corrected chi connectivity index (χ1v) is 3.48. The van der Waals surface area contributed by atoms with Crippen molar-refractivity contribution in [3.8, 4) is 0 Å². The molecule has 2 atom stereocenters. The number of amidine groups is 1. The van der Waals surface area contributed by atoms with Crippen LogP contribution in [-0.2, 0) is 0 Å². The van der Waals surface area contributed by atoms with Crippen LogP contribution in [0.3, 0.4) is 0 Å². The first-order chi connectivity index (χ1) is 4.74. The lowest BCUT2D eigenvalue weighted by molar-refractivity contribution is 0.799. The van der Waals surface area contributed by atoms with Crippen molar-refractivity contribution in [1.29, 1.82) is 0 Å². The van der Waals surface area contributed by atoms with Crippen molar-refractivity contribution < 1.29 is 0 Å². The predicted octanol–water partition coefficient (Wildman–Crippen LogP) is -1.35. The molecule has 0 amide bonds. The van der Waals surface area contributed by atoms with Crippen LogP contribution in [0, 0.1) is 5.92 Å². The van der Waals surface area contributed by atoms with Gasteiger partial charge in [-0.25, -0.2) is 0 Å². The smallest absolute Gasteiger partial charge is 0.107 e. The van der Waals surface area contributed by atoms with Crippen LogP contribution in [-0.4, -0.2) is 25.0 Å². The van der Waals surface area contributed by atoms with Gasteiger partial charge in [-0.05, 0) is 12.3 Å². The number of nitrogens with zero attached hydrogens (tertiary/aromatic N) is 1. The molecule has 0 aromatic carbocycles. The van der Waals surface area contributed by atoms with Gasteiger partial charge in [-0.1, -0.05) is 0 Å². The van der Waals surface area contributed by atoms with Gasteiger partial charge >= 0.3 is 0 Å². The molecule has 6 N–H and O–H groups in total. The molecule has 4 heteroatoms. The molecule has 1 fully saturated rings. The summed E-state index contributed by atoms with van der Waals surface area (Å²) in [6, 6.07) is 0.356. The first kappa shape index (κ1) is 7.50. The monoisotopic (exact) mass is 142 g/mol. The van der Waals surface area contributed by atoms with Gasteiger partial charge in [0.25, 0.3) is 0 Å². The molecule has 0 aromatic rings. The molecule has 1 aliphatic rings. The molecular weight excluding hydrogens is 128 g/mol. The normalized spacial score (nSPS) is 32.4. The van der Waals surface area contributed by atoms with Crippen molar-refractivity contribution >= 4 is 5.84 Å². The fraction of sp³-hybridized carbons (Fsp3) is 0.833. The Morgan fingerprint density at radius 1 is 1.60 bits per heavy atom. The van der Waals surface area contributed by atoms with E-state index in [1.807, 2.05) is 0 Å². The zero-order valence-corrected chi connectivity index (χ0v) is 5.96. The summed E-state index contributed by atoms with van der Waals surface area (Å²) < 4.78 is 0. The Morgan fingerprint density at radius 2 is 2.20 bits per heavy atom. The highest BCUT2D eigenvalue weighted by Gasteiger charge is 2.32. The lowest BCUT2D eigenvalue weighted by atomic mass is 10.4. The molecule has 0 unspecified atom stereocenters. The third-order valence-electron chi connectivity index (χ3n) is 1.72. The molecular formula is C6H14N4. The highest BCUT2D eigenvalue weighted by atomic mass is 14.9. The highest BCUT2D eigenvalue weighted by molar-refractivity contribution is 5.82. The number of hydrogen-bond acceptors (Lipinski definition) is 3. The van der Waals surface area contributed by atoms with E-state index in [1.54, 1.807) is 0 Å². The Labute approximate surface area is 60.5 Å². The molecule has 1 rings (SSSR count). The summed E-state index contributed by atoms with van der Waals surface area (Å²) in [5.41, 5.74) is 16.2. The van der Waals surface area contributed by atoms with Crippen molar-refractivity contribution in [2.45, 2.75) is 12.5 Å². The molecule has 0 saturated heterocycles. The van der Waals surface area contributed by atoms with Crippen LogP contribution in [0.4, 0.5) is 0 Å². The van der Waals surface area contributed by atoms with E-state index in [9.17, 15) is 0 Å². The zero-order chi connectivity index (χ0) is 7.56. The fourth-order valence-corrected chi connectivity index (χ4v) is 0.780. The van der Waals surface area contributed by atoms with Gasteiger partial charge in [0.15, 0.2) is 0 Å². The quantitative estimate of drug-likeness (QED) is 0.336. The minimum atomic E-state index is 0.349. The van der Waals surface area contributed by atoms with Gasteiger partial charge in [-0.3, -0.25) is 4.99 Å². The van der Waals surface area contributed by atoms with Gasteiger partial charge in [0.2, 0.25) is 0 Å². The molecule has 10 heavy (non-hydrogen) atoms. The first-order valence-electron chi connectivity index (χ1n) is 3.48. The molecule has 0 spiro atoms. The van der Waals surface area contributed by atoms with Gasteiger partial charge in [0.05, 0.1) is 6.54 Å². The lowest BCUT2D eigenvalue weighted by Crippen LogP contribution is -2.23. The van der Waals surface area contributed by atoms with E-state index in [2.05, 4.69) is 4.99 Å². The van der Waals surface area contributed by atoms with Crippen LogP contribution in [0.25, 0.3) is 0 Å². The Hall–Kier alpha value is -0.610. The second-order valence-electron chi connectivity index (χ2n) is 2.70. The van der Waals surface area contributed by atoms with E-state index < -0.39 is 0 Å². The van der Waals surface area contributed by atoms with Crippen LogP contribution in [0.2, 0.25) is 0 Å². The third kappa shape index (κ3) is 1.97. The maximum Gasteiger partial charge on any atom is 0.107 e. The summed E-state index contributed by atoms with van der Waals surface area (Å²) in [4.78, 5) is 4.04. The maximum absolute atomic E-state index is 5.55. The second kappa shape index (κ2) is 2.98. The van der Waals surface area contributed by atoms with E-state index in [-0.39, 0.29) is 0 Å². The van der Waals surface area contributed by atoms with Crippen molar-refractivity contribution in [2.75, 3.05) is 13.1 Å². The maximum atomic E-state index is 5.55. The van der Waals surface area contributed by atoms with E-state index in [0.29, 0.717) is 24.3 Å². The summed E-state index contributed by atoms with van der Waals surface area (Å²) in [6.45, 7) is 1.10. The highest BCUT2D eigenvalue weighted by Crippen LogP contribution is 2.27. The Bertz CT molecular complexity index is 143. The number of hydrogen-bond donors (Lipinski definition) is 3. The fourth-order valence-electron chi connectivity index (χ4n) is 0.780. The average molecular weight is 142 g/mol. The molecule has 0 radical (unpaired) electrons. The molecule has 0 aliphatic heterocycles. The number of nitrogens with two attached hydrogens (primary N) is 3. The van der Waals surface area contributed by atoms with Crippen molar-refractivity contribution in [3.05, 3.63) is 0 Å². The molecule has 0 heterocycles. The van der Waals surface area contributed by atoms with Gasteiger partial charge in [-0.15, -0.1) is 0 Å². The summed E-state index contributed by atoms with van der Waals surface area (Å²) in [5, 5.41) is 0. The van der Waals surface area contributed by atoms with Crippen LogP contribution in [0.15, 0.2) is 4.99 Å². The van der Waals surface area contributed by atoms with Crippen LogP contribution in [0.1, 0.15) is 6.42 Å².